The summed E-state index contributed by atoms with van der Waals surface area (Å²) < 4.78 is 14.1. The monoisotopic (exact) mass is 275 g/mol. The fourth-order valence-electron chi connectivity index (χ4n) is 1.19. The average Bonchev–Trinajstić information content (AvgIpc) is 2.47. The Bertz CT molecular complexity index is 525. The minimum absolute atomic E-state index is 0.0507. The Balaban J connectivity index is 2.85. The molecule has 0 aliphatic heterocycles. The summed E-state index contributed by atoms with van der Waals surface area (Å²) in [6, 6.07) is 2.84. The maximum Gasteiger partial charge on any atom is 0.287 e. The first-order valence-corrected chi connectivity index (χ1v) is 5.27. The highest BCUT2D eigenvalue weighted by atomic mass is 79.9. The molecule has 2 aromatic rings. The summed E-state index contributed by atoms with van der Waals surface area (Å²) >= 11 is 4.13. The Labute approximate surface area is 90.4 Å². The number of hydrogen-bond acceptors (Lipinski definition) is 3. The van der Waals surface area contributed by atoms with Crippen LogP contribution in [-0.4, -0.2) is 4.92 Å². The lowest BCUT2D eigenvalue weighted by atomic mass is 10.2. The Morgan fingerprint density at radius 1 is 1.50 bits per heavy atom. The van der Waals surface area contributed by atoms with Gasteiger partial charge in [-0.05, 0) is 12.1 Å². The van der Waals surface area contributed by atoms with Crippen LogP contribution in [0.4, 0.5) is 10.1 Å². The average molecular weight is 276 g/mol. The number of rotatable bonds is 1. The molecule has 0 atom stereocenters. The quantitative estimate of drug-likeness (QED) is 0.588. The molecule has 0 saturated heterocycles. The van der Waals surface area contributed by atoms with Crippen LogP contribution in [0.25, 0.3) is 10.1 Å². The second kappa shape index (κ2) is 3.29. The molecule has 1 aromatic carbocycles. The van der Waals surface area contributed by atoms with E-state index in [4.69, 9.17) is 0 Å². The molecule has 1 heterocycles. The Morgan fingerprint density at radius 2 is 2.21 bits per heavy atom. The maximum atomic E-state index is 13.3. The first kappa shape index (κ1) is 9.54. The van der Waals surface area contributed by atoms with Crippen molar-refractivity contribution in [3.05, 3.63) is 37.9 Å². The standard InChI is InChI=1S/C8H3BrFNO2S/c9-4-1-5-7(11(12)13)3-14-8(5)6(10)2-4/h1-3H. The van der Waals surface area contributed by atoms with Crippen LogP contribution >= 0.6 is 27.3 Å². The van der Waals surface area contributed by atoms with Crippen LogP contribution in [0.5, 0.6) is 0 Å². The molecule has 72 valence electrons. The number of nitro groups is 1. The molecule has 6 heteroatoms. The first-order chi connectivity index (χ1) is 6.59. The molecular formula is C8H3BrFNO2S. The highest BCUT2D eigenvalue weighted by molar-refractivity contribution is 9.10. The van der Waals surface area contributed by atoms with Gasteiger partial charge in [0.05, 0.1) is 20.4 Å². The lowest BCUT2D eigenvalue weighted by Crippen LogP contribution is -1.85. The van der Waals surface area contributed by atoms with Crippen molar-refractivity contribution in [3.63, 3.8) is 0 Å². The topological polar surface area (TPSA) is 43.1 Å². The summed E-state index contributed by atoms with van der Waals surface area (Å²) in [4.78, 5) is 10.1. The van der Waals surface area contributed by atoms with E-state index in [9.17, 15) is 14.5 Å². The molecule has 0 fully saturated rings. The summed E-state index contributed by atoms with van der Waals surface area (Å²) in [6.45, 7) is 0. The Morgan fingerprint density at radius 3 is 2.86 bits per heavy atom. The van der Waals surface area contributed by atoms with E-state index in [1.54, 1.807) is 6.07 Å². The minimum atomic E-state index is -0.509. The van der Waals surface area contributed by atoms with E-state index in [1.165, 1.54) is 11.4 Å². The zero-order valence-corrected chi connectivity index (χ0v) is 9.06. The second-order valence-electron chi connectivity index (χ2n) is 2.64. The molecule has 0 radical (unpaired) electrons. The molecule has 0 bridgehead atoms. The molecule has 14 heavy (non-hydrogen) atoms. The molecule has 1 aromatic heterocycles. The maximum absolute atomic E-state index is 13.3. The third-order valence-electron chi connectivity index (χ3n) is 1.77. The van der Waals surface area contributed by atoms with Crippen molar-refractivity contribution in [1.29, 1.82) is 0 Å². The lowest BCUT2D eigenvalue weighted by Gasteiger charge is -1.93. The zero-order valence-electron chi connectivity index (χ0n) is 6.66. The number of halogens is 2. The first-order valence-electron chi connectivity index (χ1n) is 3.60. The van der Waals surface area contributed by atoms with Crippen LogP contribution in [0.15, 0.2) is 22.0 Å². The van der Waals surface area contributed by atoms with Gasteiger partial charge in [-0.3, -0.25) is 10.1 Å². The summed E-state index contributed by atoms with van der Waals surface area (Å²) in [5.41, 5.74) is -0.0507. The van der Waals surface area contributed by atoms with Crippen LogP contribution in [0.3, 0.4) is 0 Å². The van der Waals surface area contributed by atoms with Crippen LogP contribution in [0.1, 0.15) is 0 Å². The van der Waals surface area contributed by atoms with Gasteiger partial charge in [-0.1, -0.05) is 15.9 Å². The van der Waals surface area contributed by atoms with E-state index in [0.717, 1.165) is 11.3 Å². The van der Waals surface area contributed by atoms with Crippen molar-refractivity contribution in [1.82, 2.24) is 0 Å². The van der Waals surface area contributed by atoms with Crippen LogP contribution in [0.2, 0.25) is 0 Å². The number of fused-ring (bicyclic) bond motifs is 1. The molecule has 0 aliphatic carbocycles. The predicted molar refractivity (Wildman–Crippen MR) is 56.1 cm³/mol. The van der Waals surface area contributed by atoms with Crippen molar-refractivity contribution in [2.24, 2.45) is 0 Å². The SMILES string of the molecule is O=[N+]([O-])c1csc2c(F)cc(Br)cc12. The van der Waals surface area contributed by atoms with Crippen LogP contribution in [-0.2, 0) is 0 Å². The predicted octanol–water partition coefficient (Wildman–Crippen LogP) is 3.71. The van der Waals surface area contributed by atoms with Crippen molar-refractivity contribution in [3.8, 4) is 0 Å². The highest BCUT2D eigenvalue weighted by Gasteiger charge is 2.17. The largest absolute Gasteiger partial charge is 0.287 e. The molecule has 2 rings (SSSR count). The van der Waals surface area contributed by atoms with Gasteiger partial charge in [-0.15, -0.1) is 11.3 Å². The van der Waals surface area contributed by atoms with E-state index in [-0.39, 0.29) is 5.69 Å². The molecule has 0 amide bonds. The molecule has 0 N–H and O–H groups in total. The molecule has 0 saturated carbocycles. The van der Waals surface area contributed by atoms with E-state index in [1.807, 2.05) is 0 Å². The summed E-state index contributed by atoms with van der Waals surface area (Å²) in [5.74, 6) is -0.438. The Hall–Kier alpha value is -1.01. The molecular weight excluding hydrogens is 273 g/mol. The third-order valence-corrected chi connectivity index (χ3v) is 3.22. The van der Waals surface area contributed by atoms with Gasteiger partial charge in [0, 0.05) is 4.47 Å². The van der Waals surface area contributed by atoms with E-state index >= 15 is 0 Å². The fourth-order valence-corrected chi connectivity index (χ4v) is 2.52. The number of hydrogen-bond donors (Lipinski definition) is 0. The summed E-state index contributed by atoms with van der Waals surface area (Å²) in [6.07, 6.45) is 0. The van der Waals surface area contributed by atoms with E-state index in [0.29, 0.717) is 14.6 Å². The van der Waals surface area contributed by atoms with Crippen LogP contribution in [0, 0.1) is 15.9 Å². The van der Waals surface area contributed by atoms with Crippen molar-refractivity contribution >= 4 is 43.0 Å². The number of benzene rings is 1. The van der Waals surface area contributed by atoms with Gasteiger partial charge in [-0.25, -0.2) is 4.39 Å². The molecule has 0 spiro atoms. The van der Waals surface area contributed by atoms with Crippen molar-refractivity contribution in [2.45, 2.75) is 0 Å². The smallest absolute Gasteiger partial charge is 0.258 e. The molecule has 0 aliphatic rings. The normalized spacial score (nSPS) is 10.7. The number of nitrogens with zero attached hydrogens (tertiary/aromatic N) is 1. The van der Waals surface area contributed by atoms with Gasteiger partial charge >= 0.3 is 0 Å². The van der Waals surface area contributed by atoms with Gasteiger partial charge in [0.2, 0.25) is 0 Å². The van der Waals surface area contributed by atoms with Crippen molar-refractivity contribution < 1.29 is 9.31 Å². The molecule has 3 nitrogen and oxygen atoms in total. The number of thiophene rings is 1. The van der Waals surface area contributed by atoms with Gasteiger partial charge in [0.15, 0.2) is 0 Å². The van der Waals surface area contributed by atoms with Gasteiger partial charge < -0.3 is 0 Å². The summed E-state index contributed by atoms with van der Waals surface area (Å²) in [7, 11) is 0. The highest BCUT2D eigenvalue weighted by Crippen LogP contribution is 2.35. The fraction of sp³-hybridized carbons (Fsp3) is 0. The van der Waals surface area contributed by atoms with Gasteiger partial charge in [0.1, 0.15) is 5.82 Å². The lowest BCUT2D eigenvalue weighted by molar-refractivity contribution is -0.382. The van der Waals surface area contributed by atoms with Crippen LogP contribution < -0.4 is 0 Å². The third kappa shape index (κ3) is 1.40. The molecule has 0 unspecified atom stereocenters. The van der Waals surface area contributed by atoms with Gasteiger partial charge in [0.25, 0.3) is 5.69 Å². The Kier molecular flexibility index (Phi) is 2.24. The summed E-state index contributed by atoms with van der Waals surface area (Å²) in [5, 5.41) is 12.3. The second-order valence-corrected chi connectivity index (χ2v) is 4.44. The minimum Gasteiger partial charge on any atom is -0.258 e. The zero-order chi connectivity index (χ0) is 10.3. The van der Waals surface area contributed by atoms with E-state index in [2.05, 4.69) is 15.9 Å². The van der Waals surface area contributed by atoms with Gasteiger partial charge in [-0.2, -0.15) is 0 Å². The van der Waals surface area contributed by atoms with Crippen molar-refractivity contribution in [2.75, 3.05) is 0 Å². The van der Waals surface area contributed by atoms with E-state index < -0.39 is 10.7 Å².